The van der Waals surface area contributed by atoms with Crippen LogP contribution < -0.4 is 0 Å². The van der Waals surface area contributed by atoms with E-state index in [1.165, 1.54) is 12.8 Å². The highest BCUT2D eigenvalue weighted by atomic mass is 32.2. The summed E-state index contributed by atoms with van der Waals surface area (Å²) in [7, 11) is -3.53. The Kier molecular flexibility index (Phi) is 6.74. The first-order valence-electron chi connectivity index (χ1n) is 11.0. The van der Waals surface area contributed by atoms with E-state index in [9.17, 15) is 13.2 Å². The maximum absolute atomic E-state index is 13.3. The van der Waals surface area contributed by atoms with E-state index in [1.807, 2.05) is 32.9 Å². The topological polar surface area (TPSA) is 57.7 Å². The Bertz CT molecular complexity index is 826. The lowest BCUT2D eigenvalue weighted by Crippen LogP contribution is -2.49. The number of amides is 1. The number of benzene rings is 1. The number of nitrogens with zero attached hydrogens (tertiary/aromatic N) is 2. The maximum atomic E-state index is 13.3. The van der Waals surface area contributed by atoms with E-state index in [0.29, 0.717) is 36.9 Å². The average Bonchev–Trinajstić information content (AvgIpc) is 3.14. The van der Waals surface area contributed by atoms with E-state index in [2.05, 4.69) is 18.7 Å². The predicted octanol–water partition coefficient (Wildman–Crippen LogP) is 4.19. The highest BCUT2D eigenvalue weighted by molar-refractivity contribution is 7.89. The zero-order valence-corrected chi connectivity index (χ0v) is 19.4. The van der Waals surface area contributed by atoms with Gasteiger partial charge in [0, 0.05) is 31.1 Å². The molecular weight excluding hydrogens is 384 g/mol. The van der Waals surface area contributed by atoms with Crippen LogP contribution in [-0.4, -0.2) is 48.7 Å². The fraction of sp³-hybridized carbons (Fsp3) is 0.696. The van der Waals surface area contributed by atoms with Gasteiger partial charge in [0.15, 0.2) is 0 Å². The number of hydrogen-bond acceptors (Lipinski definition) is 3. The van der Waals surface area contributed by atoms with Gasteiger partial charge in [-0.3, -0.25) is 4.79 Å². The number of rotatable bonds is 5. The molecule has 0 aromatic heterocycles. The minimum Gasteiger partial charge on any atom is -0.337 e. The van der Waals surface area contributed by atoms with Gasteiger partial charge in [-0.1, -0.05) is 30.5 Å². The van der Waals surface area contributed by atoms with Crippen LogP contribution in [0.4, 0.5) is 0 Å². The zero-order valence-electron chi connectivity index (χ0n) is 18.6. The van der Waals surface area contributed by atoms with Crippen molar-refractivity contribution in [2.24, 2.45) is 5.92 Å². The van der Waals surface area contributed by atoms with Gasteiger partial charge >= 0.3 is 0 Å². The third-order valence-electron chi connectivity index (χ3n) is 6.53. The minimum absolute atomic E-state index is 0.0651. The lowest BCUT2D eigenvalue weighted by atomic mass is 9.95. The summed E-state index contributed by atoms with van der Waals surface area (Å²) in [6, 6.07) is 4.42. The summed E-state index contributed by atoms with van der Waals surface area (Å²) in [5.74, 6) is 0.163. The van der Waals surface area contributed by atoms with Crippen LogP contribution >= 0.6 is 0 Å². The summed E-state index contributed by atoms with van der Waals surface area (Å²) >= 11 is 0. The summed E-state index contributed by atoms with van der Waals surface area (Å²) < 4.78 is 28.2. The molecule has 29 heavy (non-hydrogen) atoms. The van der Waals surface area contributed by atoms with Crippen LogP contribution in [-0.2, 0) is 14.8 Å². The molecule has 2 fully saturated rings. The van der Waals surface area contributed by atoms with Gasteiger partial charge in [0.05, 0.1) is 4.90 Å². The zero-order chi connectivity index (χ0) is 21.3. The van der Waals surface area contributed by atoms with Crippen molar-refractivity contribution in [3.8, 4) is 0 Å². The number of carbonyl (C=O) groups excluding carboxylic acids is 1. The molecule has 0 atom stereocenters. The van der Waals surface area contributed by atoms with E-state index in [-0.39, 0.29) is 17.9 Å². The molecule has 162 valence electrons. The molecule has 0 radical (unpaired) electrons. The summed E-state index contributed by atoms with van der Waals surface area (Å²) in [5.41, 5.74) is 2.67. The van der Waals surface area contributed by atoms with Crippen molar-refractivity contribution in [3.05, 3.63) is 28.8 Å². The van der Waals surface area contributed by atoms with Crippen LogP contribution in [0.25, 0.3) is 0 Å². The van der Waals surface area contributed by atoms with E-state index in [4.69, 9.17) is 0 Å². The highest BCUT2D eigenvalue weighted by Gasteiger charge is 2.37. The number of sulfonamides is 1. The molecule has 1 aromatic rings. The summed E-state index contributed by atoms with van der Waals surface area (Å²) in [5, 5.41) is 0. The van der Waals surface area contributed by atoms with E-state index in [0.717, 1.165) is 29.5 Å². The van der Waals surface area contributed by atoms with Gasteiger partial charge in [-0.15, -0.1) is 0 Å². The van der Waals surface area contributed by atoms with Gasteiger partial charge in [-0.05, 0) is 71.4 Å². The molecule has 1 aromatic carbocycles. The number of piperidine rings is 1. The Morgan fingerprint density at radius 2 is 1.52 bits per heavy atom. The second kappa shape index (κ2) is 8.76. The molecule has 1 amide bonds. The maximum Gasteiger partial charge on any atom is 0.243 e. The largest absolute Gasteiger partial charge is 0.337 e. The molecular formula is C23H36N2O3S. The van der Waals surface area contributed by atoms with Crippen LogP contribution in [0.1, 0.15) is 69.1 Å². The Morgan fingerprint density at radius 1 is 1.00 bits per heavy atom. The van der Waals surface area contributed by atoms with Gasteiger partial charge in [-0.25, -0.2) is 8.42 Å². The van der Waals surface area contributed by atoms with Gasteiger partial charge < -0.3 is 4.90 Å². The fourth-order valence-electron chi connectivity index (χ4n) is 5.30. The molecule has 6 heteroatoms. The quantitative estimate of drug-likeness (QED) is 0.718. The monoisotopic (exact) mass is 420 g/mol. The Balaban J connectivity index is 1.72. The van der Waals surface area contributed by atoms with Crippen molar-refractivity contribution >= 4 is 15.9 Å². The van der Waals surface area contributed by atoms with Crippen molar-refractivity contribution < 1.29 is 13.2 Å². The van der Waals surface area contributed by atoms with Crippen molar-refractivity contribution in [1.29, 1.82) is 0 Å². The molecule has 0 N–H and O–H groups in total. The SMILES string of the molecule is Cc1cc(C)c(S(=O)(=O)N2CCC(C(=O)N(C(C)C)C3CCCC3)CC2)c(C)c1. The second-order valence-corrected chi connectivity index (χ2v) is 11.1. The van der Waals surface area contributed by atoms with Crippen molar-refractivity contribution in [3.63, 3.8) is 0 Å². The Hall–Kier alpha value is -1.40. The average molecular weight is 421 g/mol. The third-order valence-corrected chi connectivity index (χ3v) is 8.74. The van der Waals surface area contributed by atoms with Crippen LogP contribution in [0.5, 0.6) is 0 Å². The van der Waals surface area contributed by atoms with Crippen LogP contribution in [0.15, 0.2) is 17.0 Å². The first-order chi connectivity index (χ1) is 13.6. The molecule has 3 rings (SSSR count). The lowest BCUT2D eigenvalue weighted by molar-refractivity contribution is -0.141. The molecule has 1 aliphatic heterocycles. The molecule has 2 aliphatic rings. The second-order valence-electron chi connectivity index (χ2n) is 9.18. The Morgan fingerprint density at radius 3 is 2.00 bits per heavy atom. The summed E-state index contributed by atoms with van der Waals surface area (Å²) in [4.78, 5) is 15.8. The van der Waals surface area contributed by atoms with Crippen LogP contribution in [0.2, 0.25) is 0 Å². The first kappa shape index (κ1) is 22.3. The van der Waals surface area contributed by atoms with Gasteiger partial charge in [0.1, 0.15) is 0 Å². The molecule has 1 saturated heterocycles. The molecule has 0 bridgehead atoms. The minimum atomic E-state index is -3.53. The van der Waals surface area contributed by atoms with Crippen molar-refractivity contribution in [1.82, 2.24) is 9.21 Å². The number of hydrogen-bond donors (Lipinski definition) is 0. The van der Waals surface area contributed by atoms with E-state index < -0.39 is 10.0 Å². The highest BCUT2D eigenvalue weighted by Crippen LogP contribution is 2.32. The summed E-state index contributed by atoms with van der Waals surface area (Å²) in [6.07, 6.45) is 5.82. The number of aryl methyl sites for hydroxylation is 3. The van der Waals surface area contributed by atoms with Gasteiger partial charge in [0.25, 0.3) is 0 Å². The standard InChI is InChI=1S/C23H36N2O3S/c1-16(2)25(21-8-6-7-9-21)23(26)20-10-12-24(13-11-20)29(27,28)22-18(4)14-17(3)15-19(22)5/h14-16,20-21H,6-13H2,1-5H3. The summed E-state index contributed by atoms with van der Waals surface area (Å²) in [6.45, 7) is 10.7. The van der Waals surface area contributed by atoms with Crippen molar-refractivity contribution in [2.45, 2.75) is 90.1 Å². The fourth-order valence-corrected chi connectivity index (χ4v) is 7.18. The van der Waals surface area contributed by atoms with Crippen LogP contribution in [0, 0.1) is 26.7 Å². The van der Waals surface area contributed by atoms with E-state index >= 15 is 0 Å². The normalized spacial score (nSPS) is 19.8. The van der Waals surface area contributed by atoms with E-state index in [1.54, 1.807) is 4.31 Å². The first-order valence-corrected chi connectivity index (χ1v) is 12.5. The predicted molar refractivity (Wildman–Crippen MR) is 116 cm³/mol. The smallest absolute Gasteiger partial charge is 0.243 e. The van der Waals surface area contributed by atoms with Gasteiger partial charge in [-0.2, -0.15) is 4.31 Å². The van der Waals surface area contributed by atoms with Crippen LogP contribution in [0.3, 0.4) is 0 Å². The third kappa shape index (κ3) is 4.53. The number of carbonyl (C=O) groups is 1. The molecule has 0 unspecified atom stereocenters. The lowest BCUT2D eigenvalue weighted by Gasteiger charge is -2.38. The van der Waals surface area contributed by atoms with Gasteiger partial charge in [0.2, 0.25) is 15.9 Å². The molecule has 1 saturated carbocycles. The Labute approximate surface area is 176 Å². The molecule has 1 aliphatic carbocycles. The molecule has 1 heterocycles. The van der Waals surface area contributed by atoms with Crippen molar-refractivity contribution in [2.75, 3.05) is 13.1 Å². The molecule has 5 nitrogen and oxygen atoms in total. The molecule has 0 spiro atoms.